The van der Waals surface area contributed by atoms with Crippen molar-refractivity contribution in [1.82, 2.24) is 0 Å². The molecule has 2 atom stereocenters. The number of ether oxygens (including phenoxy) is 2. The average molecular weight is 318 g/mol. The van der Waals surface area contributed by atoms with Gasteiger partial charge < -0.3 is 19.7 Å². The van der Waals surface area contributed by atoms with Gasteiger partial charge in [0, 0.05) is 31.6 Å². The maximum atomic E-state index is 12.3. The van der Waals surface area contributed by atoms with Crippen LogP contribution in [0.4, 0.5) is 11.4 Å². The Bertz CT molecular complexity index is 555. The van der Waals surface area contributed by atoms with Gasteiger partial charge in [-0.1, -0.05) is 0 Å². The third-order valence-corrected chi connectivity index (χ3v) is 4.62. The third kappa shape index (κ3) is 4.03. The molecule has 0 aromatic heterocycles. The van der Waals surface area contributed by atoms with Gasteiger partial charge in [-0.15, -0.1) is 0 Å². The minimum atomic E-state index is -0.474. The van der Waals surface area contributed by atoms with Gasteiger partial charge in [-0.05, 0) is 56.4 Å². The number of aryl methyl sites for hydroxylation is 1. The Hall–Kier alpha value is -1.59. The van der Waals surface area contributed by atoms with Crippen LogP contribution in [0.15, 0.2) is 18.2 Å². The summed E-state index contributed by atoms with van der Waals surface area (Å²) >= 11 is 0. The molecule has 5 heteroatoms. The molecule has 0 aliphatic carbocycles. The van der Waals surface area contributed by atoms with Crippen LogP contribution in [0.25, 0.3) is 0 Å². The predicted octanol–water partition coefficient (Wildman–Crippen LogP) is 2.59. The Morgan fingerprint density at radius 1 is 1.48 bits per heavy atom. The van der Waals surface area contributed by atoms with Gasteiger partial charge in [-0.25, -0.2) is 0 Å². The lowest BCUT2D eigenvalue weighted by molar-refractivity contribution is -0.128. The zero-order chi connectivity index (χ0) is 16.2. The summed E-state index contributed by atoms with van der Waals surface area (Å²) in [4.78, 5) is 14.5. The lowest BCUT2D eigenvalue weighted by atomic mass is 10.0. The average Bonchev–Trinajstić information content (AvgIpc) is 3.06. The zero-order valence-electron chi connectivity index (χ0n) is 14.0. The van der Waals surface area contributed by atoms with Gasteiger partial charge in [0.2, 0.25) is 0 Å². The zero-order valence-corrected chi connectivity index (χ0v) is 14.0. The molecule has 1 fully saturated rings. The standard InChI is InChI=1S/C18H26N2O3/c1-13(23-12-16-6-4-10-22-16)18(21)19-15-7-8-17-14(11-15)5-3-9-20(17)2/h7-8,11,13,16H,3-6,9-10,12H2,1-2H3,(H,19,21)/t13-,16+/m1/s1. The summed E-state index contributed by atoms with van der Waals surface area (Å²) in [6.45, 7) is 4.17. The van der Waals surface area contributed by atoms with E-state index in [1.807, 2.05) is 6.07 Å². The monoisotopic (exact) mass is 318 g/mol. The summed E-state index contributed by atoms with van der Waals surface area (Å²) < 4.78 is 11.2. The van der Waals surface area contributed by atoms with Crippen molar-refractivity contribution in [2.24, 2.45) is 0 Å². The minimum absolute atomic E-state index is 0.105. The molecule has 0 saturated carbocycles. The lowest BCUT2D eigenvalue weighted by Gasteiger charge is -2.28. The number of rotatable bonds is 5. The van der Waals surface area contributed by atoms with E-state index in [9.17, 15) is 4.79 Å². The number of nitrogens with zero attached hydrogens (tertiary/aromatic N) is 1. The van der Waals surface area contributed by atoms with Crippen LogP contribution < -0.4 is 10.2 Å². The van der Waals surface area contributed by atoms with Crippen molar-refractivity contribution in [3.05, 3.63) is 23.8 Å². The molecule has 2 aliphatic heterocycles. The van der Waals surface area contributed by atoms with Crippen molar-refractivity contribution >= 4 is 17.3 Å². The number of amides is 1. The van der Waals surface area contributed by atoms with E-state index in [4.69, 9.17) is 9.47 Å². The van der Waals surface area contributed by atoms with E-state index in [-0.39, 0.29) is 12.0 Å². The molecule has 5 nitrogen and oxygen atoms in total. The summed E-state index contributed by atoms with van der Waals surface area (Å²) in [5, 5.41) is 2.96. The van der Waals surface area contributed by atoms with Crippen molar-refractivity contribution in [2.45, 2.75) is 44.8 Å². The van der Waals surface area contributed by atoms with Crippen LogP contribution in [-0.4, -0.2) is 44.9 Å². The quantitative estimate of drug-likeness (QED) is 0.906. The predicted molar refractivity (Wildman–Crippen MR) is 91.1 cm³/mol. The SMILES string of the molecule is C[C@@H](OC[C@@H]1CCCO1)C(=O)Nc1ccc2c(c1)CCCN2C. The fourth-order valence-corrected chi connectivity index (χ4v) is 3.21. The first-order valence-electron chi connectivity index (χ1n) is 8.51. The molecule has 0 spiro atoms. The van der Waals surface area contributed by atoms with E-state index >= 15 is 0 Å². The van der Waals surface area contributed by atoms with Crippen LogP contribution in [0.3, 0.4) is 0 Å². The van der Waals surface area contributed by atoms with Crippen molar-refractivity contribution in [3.63, 3.8) is 0 Å². The van der Waals surface area contributed by atoms with Gasteiger partial charge in [0.15, 0.2) is 0 Å². The first-order valence-corrected chi connectivity index (χ1v) is 8.51. The van der Waals surface area contributed by atoms with Crippen LogP contribution in [0.5, 0.6) is 0 Å². The van der Waals surface area contributed by atoms with E-state index in [0.717, 1.165) is 44.5 Å². The van der Waals surface area contributed by atoms with Crippen molar-refractivity contribution in [3.8, 4) is 0 Å². The minimum Gasteiger partial charge on any atom is -0.376 e. The molecule has 1 saturated heterocycles. The van der Waals surface area contributed by atoms with Crippen molar-refractivity contribution in [1.29, 1.82) is 0 Å². The molecular weight excluding hydrogens is 292 g/mol. The summed E-state index contributed by atoms with van der Waals surface area (Å²) in [6.07, 6.45) is 3.99. The molecule has 2 heterocycles. The first-order chi connectivity index (χ1) is 11.1. The molecule has 23 heavy (non-hydrogen) atoms. The number of anilines is 2. The normalized spacial score (nSPS) is 21.8. The van der Waals surface area contributed by atoms with Crippen LogP contribution in [0.1, 0.15) is 31.7 Å². The second-order valence-corrected chi connectivity index (χ2v) is 6.47. The lowest BCUT2D eigenvalue weighted by Crippen LogP contribution is -2.30. The summed E-state index contributed by atoms with van der Waals surface area (Å²) in [5.41, 5.74) is 3.40. The van der Waals surface area contributed by atoms with E-state index in [1.54, 1.807) is 6.92 Å². The Kier molecular flexibility index (Phi) is 5.18. The van der Waals surface area contributed by atoms with Crippen molar-refractivity contribution in [2.75, 3.05) is 37.0 Å². The molecule has 2 aliphatic rings. The Labute approximate surface area is 137 Å². The highest BCUT2D eigenvalue weighted by Crippen LogP contribution is 2.28. The number of hydrogen-bond donors (Lipinski definition) is 1. The van der Waals surface area contributed by atoms with Crippen LogP contribution in [0.2, 0.25) is 0 Å². The number of hydrogen-bond acceptors (Lipinski definition) is 4. The Morgan fingerprint density at radius 3 is 3.13 bits per heavy atom. The van der Waals surface area contributed by atoms with Crippen LogP contribution in [0, 0.1) is 0 Å². The van der Waals surface area contributed by atoms with Crippen molar-refractivity contribution < 1.29 is 14.3 Å². The molecule has 1 N–H and O–H groups in total. The molecule has 126 valence electrons. The highest BCUT2D eigenvalue weighted by molar-refractivity contribution is 5.94. The number of carbonyl (C=O) groups excluding carboxylic acids is 1. The first kappa shape index (κ1) is 16.3. The van der Waals surface area contributed by atoms with Crippen LogP contribution >= 0.6 is 0 Å². The van der Waals surface area contributed by atoms with E-state index in [1.165, 1.54) is 11.3 Å². The molecule has 1 amide bonds. The third-order valence-electron chi connectivity index (χ3n) is 4.62. The number of fused-ring (bicyclic) bond motifs is 1. The van der Waals surface area contributed by atoms with E-state index in [0.29, 0.717) is 6.61 Å². The summed E-state index contributed by atoms with van der Waals surface area (Å²) in [7, 11) is 2.11. The molecular formula is C18H26N2O3. The Morgan fingerprint density at radius 2 is 2.35 bits per heavy atom. The second-order valence-electron chi connectivity index (χ2n) is 6.47. The topological polar surface area (TPSA) is 50.8 Å². The molecule has 0 radical (unpaired) electrons. The van der Waals surface area contributed by atoms with Gasteiger partial charge in [0.1, 0.15) is 6.10 Å². The summed E-state index contributed by atoms with van der Waals surface area (Å²) in [6, 6.07) is 6.13. The van der Waals surface area contributed by atoms with Gasteiger partial charge in [0.25, 0.3) is 5.91 Å². The fourth-order valence-electron chi connectivity index (χ4n) is 3.21. The van der Waals surface area contributed by atoms with Gasteiger partial charge in [0.05, 0.1) is 12.7 Å². The second kappa shape index (κ2) is 7.32. The van der Waals surface area contributed by atoms with E-state index < -0.39 is 6.10 Å². The van der Waals surface area contributed by atoms with Crippen LogP contribution in [-0.2, 0) is 20.7 Å². The number of benzene rings is 1. The number of nitrogens with one attached hydrogen (secondary N) is 1. The van der Waals surface area contributed by atoms with E-state index in [2.05, 4.69) is 29.4 Å². The molecule has 1 aromatic rings. The fraction of sp³-hybridized carbons (Fsp3) is 0.611. The molecule has 0 bridgehead atoms. The molecule has 3 rings (SSSR count). The van der Waals surface area contributed by atoms with Gasteiger partial charge in [-0.2, -0.15) is 0 Å². The smallest absolute Gasteiger partial charge is 0.253 e. The largest absolute Gasteiger partial charge is 0.376 e. The molecule has 1 aromatic carbocycles. The maximum absolute atomic E-state index is 12.3. The number of carbonyl (C=O) groups is 1. The highest BCUT2D eigenvalue weighted by atomic mass is 16.5. The summed E-state index contributed by atoms with van der Waals surface area (Å²) in [5.74, 6) is -0.105. The van der Waals surface area contributed by atoms with Gasteiger partial charge >= 0.3 is 0 Å². The Balaban J connectivity index is 1.54. The molecule has 0 unspecified atom stereocenters. The highest BCUT2D eigenvalue weighted by Gasteiger charge is 2.20. The van der Waals surface area contributed by atoms with Gasteiger partial charge in [-0.3, -0.25) is 4.79 Å². The maximum Gasteiger partial charge on any atom is 0.253 e.